The topological polar surface area (TPSA) is 54.2 Å². The van der Waals surface area contributed by atoms with Gasteiger partial charge in [-0.15, -0.1) is 5.10 Å². The fourth-order valence-electron chi connectivity index (χ4n) is 2.03. The van der Waals surface area contributed by atoms with Crippen LogP contribution in [-0.4, -0.2) is 23.8 Å². The van der Waals surface area contributed by atoms with Gasteiger partial charge in [0, 0.05) is 12.7 Å². The van der Waals surface area contributed by atoms with Crippen molar-refractivity contribution >= 4 is 11.7 Å². The zero-order chi connectivity index (χ0) is 14.5. The molecular weight excluding hydrogens is 252 g/mol. The Morgan fingerprint density at radius 1 is 1.30 bits per heavy atom. The molecule has 0 fully saturated rings. The van der Waals surface area contributed by atoms with Crippen LogP contribution in [0.1, 0.15) is 37.8 Å². The van der Waals surface area contributed by atoms with Crippen LogP contribution in [0.15, 0.2) is 28.7 Å². The van der Waals surface area contributed by atoms with E-state index in [0.29, 0.717) is 11.9 Å². The van der Waals surface area contributed by atoms with Crippen LogP contribution in [0.4, 0.5) is 11.7 Å². The number of hydrogen-bond donors (Lipinski definition) is 1. The van der Waals surface area contributed by atoms with E-state index in [1.807, 2.05) is 37.1 Å². The average Bonchev–Trinajstić information content (AvgIpc) is 2.94. The molecule has 0 spiro atoms. The van der Waals surface area contributed by atoms with Gasteiger partial charge in [-0.25, -0.2) is 0 Å². The van der Waals surface area contributed by atoms with Gasteiger partial charge in [-0.05, 0) is 38.4 Å². The smallest absolute Gasteiger partial charge is 0.322 e. The van der Waals surface area contributed by atoms with E-state index in [2.05, 4.69) is 35.4 Å². The third kappa shape index (κ3) is 3.17. The van der Waals surface area contributed by atoms with Crippen LogP contribution in [0.2, 0.25) is 0 Å². The standard InChI is InChI=1S/C15H22N4O/c1-5-10-16-12(3)14-17-18-15(20-14)19(4)13-9-7-6-8-11(13)2/h6-9,12,16H,5,10H2,1-4H3. The second kappa shape index (κ2) is 6.52. The van der Waals surface area contributed by atoms with E-state index in [0.717, 1.165) is 18.7 Å². The number of rotatable bonds is 6. The van der Waals surface area contributed by atoms with Crippen molar-refractivity contribution < 1.29 is 4.42 Å². The lowest BCUT2D eigenvalue weighted by Gasteiger charge is -2.16. The highest BCUT2D eigenvalue weighted by Crippen LogP contribution is 2.26. The van der Waals surface area contributed by atoms with E-state index >= 15 is 0 Å². The number of aromatic nitrogens is 2. The van der Waals surface area contributed by atoms with Gasteiger partial charge in [0.25, 0.3) is 0 Å². The molecule has 5 nitrogen and oxygen atoms in total. The summed E-state index contributed by atoms with van der Waals surface area (Å²) in [6.45, 7) is 7.16. The molecular formula is C15H22N4O. The highest BCUT2D eigenvalue weighted by Gasteiger charge is 2.17. The second-order valence-electron chi connectivity index (χ2n) is 4.94. The minimum Gasteiger partial charge on any atom is -0.406 e. The Hall–Kier alpha value is -1.88. The minimum absolute atomic E-state index is 0.0708. The summed E-state index contributed by atoms with van der Waals surface area (Å²) in [7, 11) is 1.93. The van der Waals surface area contributed by atoms with Gasteiger partial charge < -0.3 is 9.73 Å². The molecule has 0 aliphatic carbocycles. The molecule has 1 heterocycles. The van der Waals surface area contributed by atoms with Crippen molar-refractivity contribution in [2.75, 3.05) is 18.5 Å². The minimum atomic E-state index is 0.0708. The van der Waals surface area contributed by atoms with Crippen LogP contribution in [-0.2, 0) is 0 Å². The first-order chi connectivity index (χ1) is 9.63. The highest BCUT2D eigenvalue weighted by atomic mass is 16.4. The van der Waals surface area contributed by atoms with Crippen LogP contribution >= 0.6 is 0 Å². The fourth-order valence-corrected chi connectivity index (χ4v) is 2.03. The van der Waals surface area contributed by atoms with Gasteiger partial charge in [0.15, 0.2) is 0 Å². The molecule has 0 bridgehead atoms. The molecule has 1 atom stereocenters. The van der Waals surface area contributed by atoms with Crippen molar-refractivity contribution in [2.24, 2.45) is 0 Å². The maximum Gasteiger partial charge on any atom is 0.322 e. The van der Waals surface area contributed by atoms with E-state index in [4.69, 9.17) is 4.42 Å². The maximum atomic E-state index is 5.75. The zero-order valence-corrected chi connectivity index (χ0v) is 12.6. The molecule has 1 unspecified atom stereocenters. The van der Waals surface area contributed by atoms with Crippen molar-refractivity contribution in [3.8, 4) is 0 Å². The summed E-state index contributed by atoms with van der Waals surface area (Å²) in [6.07, 6.45) is 1.08. The van der Waals surface area contributed by atoms with Gasteiger partial charge in [-0.3, -0.25) is 4.90 Å². The van der Waals surface area contributed by atoms with E-state index in [1.165, 1.54) is 5.56 Å². The van der Waals surface area contributed by atoms with Gasteiger partial charge >= 0.3 is 6.01 Å². The fraction of sp³-hybridized carbons (Fsp3) is 0.467. The summed E-state index contributed by atoms with van der Waals surface area (Å²) in [6, 6.07) is 8.71. The summed E-state index contributed by atoms with van der Waals surface area (Å²) >= 11 is 0. The van der Waals surface area contributed by atoms with Crippen molar-refractivity contribution in [3.63, 3.8) is 0 Å². The Bertz CT molecular complexity index is 552. The van der Waals surface area contributed by atoms with Crippen LogP contribution < -0.4 is 10.2 Å². The third-order valence-corrected chi connectivity index (χ3v) is 3.26. The van der Waals surface area contributed by atoms with Crippen LogP contribution in [0, 0.1) is 6.92 Å². The van der Waals surface area contributed by atoms with Crippen LogP contribution in [0.5, 0.6) is 0 Å². The number of aryl methyl sites for hydroxylation is 1. The number of nitrogens with zero attached hydrogens (tertiary/aromatic N) is 3. The molecule has 0 aliphatic heterocycles. The van der Waals surface area contributed by atoms with E-state index in [-0.39, 0.29) is 6.04 Å². The molecule has 1 aromatic heterocycles. The summed E-state index contributed by atoms with van der Waals surface area (Å²) in [5.74, 6) is 0.619. The summed E-state index contributed by atoms with van der Waals surface area (Å²) in [4.78, 5) is 1.92. The van der Waals surface area contributed by atoms with E-state index < -0.39 is 0 Å². The first-order valence-electron chi connectivity index (χ1n) is 6.99. The quantitative estimate of drug-likeness (QED) is 0.876. The first kappa shape index (κ1) is 14.5. The number of anilines is 2. The Balaban J connectivity index is 2.14. The largest absolute Gasteiger partial charge is 0.406 e. The predicted octanol–water partition coefficient (Wildman–Crippen LogP) is 3.21. The Morgan fingerprint density at radius 3 is 2.75 bits per heavy atom. The van der Waals surface area contributed by atoms with Crippen molar-refractivity contribution in [1.82, 2.24) is 15.5 Å². The molecule has 0 radical (unpaired) electrons. The van der Waals surface area contributed by atoms with Gasteiger partial charge in [0.1, 0.15) is 0 Å². The molecule has 5 heteroatoms. The maximum absolute atomic E-state index is 5.75. The number of hydrogen-bond acceptors (Lipinski definition) is 5. The van der Waals surface area contributed by atoms with Crippen LogP contribution in [0.25, 0.3) is 0 Å². The molecule has 20 heavy (non-hydrogen) atoms. The molecule has 0 amide bonds. The van der Waals surface area contributed by atoms with Gasteiger partial charge in [0.2, 0.25) is 5.89 Å². The lowest BCUT2D eigenvalue weighted by Crippen LogP contribution is -2.19. The highest BCUT2D eigenvalue weighted by molar-refractivity contribution is 5.59. The molecule has 0 saturated carbocycles. The normalized spacial score (nSPS) is 12.4. The molecule has 1 aromatic carbocycles. The van der Waals surface area contributed by atoms with E-state index in [9.17, 15) is 0 Å². The monoisotopic (exact) mass is 274 g/mol. The number of nitrogens with one attached hydrogen (secondary N) is 1. The third-order valence-electron chi connectivity index (χ3n) is 3.26. The first-order valence-corrected chi connectivity index (χ1v) is 6.99. The lowest BCUT2D eigenvalue weighted by atomic mass is 10.2. The Kier molecular flexibility index (Phi) is 4.74. The van der Waals surface area contributed by atoms with E-state index in [1.54, 1.807) is 0 Å². The Morgan fingerprint density at radius 2 is 2.05 bits per heavy atom. The zero-order valence-electron chi connectivity index (χ0n) is 12.6. The summed E-state index contributed by atoms with van der Waals surface area (Å²) < 4.78 is 5.75. The SMILES string of the molecule is CCCNC(C)c1nnc(N(C)c2ccccc2C)o1. The van der Waals surface area contributed by atoms with Gasteiger partial charge in [-0.1, -0.05) is 30.2 Å². The molecule has 108 valence electrons. The number of benzene rings is 1. The average molecular weight is 274 g/mol. The molecule has 1 N–H and O–H groups in total. The van der Waals surface area contributed by atoms with Crippen molar-refractivity contribution in [1.29, 1.82) is 0 Å². The van der Waals surface area contributed by atoms with Crippen molar-refractivity contribution in [2.45, 2.75) is 33.2 Å². The molecule has 2 rings (SSSR count). The summed E-state index contributed by atoms with van der Waals surface area (Å²) in [5, 5.41) is 11.6. The lowest BCUT2D eigenvalue weighted by molar-refractivity contribution is 0.420. The Labute approximate surface area is 120 Å². The number of para-hydroxylation sites is 1. The van der Waals surface area contributed by atoms with Gasteiger partial charge in [0.05, 0.1) is 6.04 Å². The van der Waals surface area contributed by atoms with Crippen LogP contribution in [0.3, 0.4) is 0 Å². The molecule has 2 aromatic rings. The molecule has 0 saturated heterocycles. The second-order valence-corrected chi connectivity index (χ2v) is 4.94. The summed E-state index contributed by atoms with van der Waals surface area (Å²) in [5.41, 5.74) is 2.24. The van der Waals surface area contributed by atoms with Gasteiger partial charge in [-0.2, -0.15) is 0 Å². The predicted molar refractivity (Wildman–Crippen MR) is 80.2 cm³/mol. The van der Waals surface area contributed by atoms with Crippen molar-refractivity contribution in [3.05, 3.63) is 35.7 Å². The molecule has 0 aliphatic rings.